The van der Waals surface area contributed by atoms with E-state index in [0.717, 1.165) is 19.3 Å². The van der Waals surface area contributed by atoms with E-state index in [-0.39, 0.29) is 0 Å². The molecule has 1 nitrogen and oxygen atoms in total. The monoisotopic (exact) mass is 226 g/mol. The van der Waals surface area contributed by atoms with Gasteiger partial charge in [-0.1, -0.05) is 49.5 Å². The lowest BCUT2D eigenvalue weighted by molar-refractivity contribution is 0.230. The minimum absolute atomic E-state index is 0.325. The van der Waals surface area contributed by atoms with Gasteiger partial charge in [-0.2, -0.15) is 0 Å². The van der Waals surface area contributed by atoms with Gasteiger partial charge >= 0.3 is 0 Å². The van der Waals surface area contributed by atoms with E-state index in [1.54, 1.807) is 0 Å². The lowest BCUT2D eigenvalue weighted by Crippen LogP contribution is -1.95. The molecule has 2 heteroatoms. The number of ether oxygens (including phenoxy) is 1. The molecule has 0 N–H and O–H groups in total. The zero-order valence-electron chi connectivity index (χ0n) is 10.4. The van der Waals surface area contributed by atoms with Crippen molar-refractivity contribution in [2.24, 2.45) is 5.92 Å². The highest BCUT2D eigenvalue weighted by Crippen LogP contribution is 2.39. The fraction of sp³-hybridized carbons (Fsp3) is 0.467. The Labute approximate surface area is 105 Å². The van der Waals surface area contributed by atoms with Crippen LogP contribution in [0.3, 0.4) is 0 Å². The molecule has 0 bridgehead atoms. The van der Waals surface area contributed by atoms with E-state index >= 15 is 0 Å². The second-order valence-corrected chi connectivity index (χ2v) is 4.79. The van der Waals surface area contributed by atoms with Crippen LogP contribution in [0.15, 0.2) is 42.2 Å². The molecule has 0 aromatic heterocycles. The lowest BCUT2D eigenvalue weighted by atomic mass is 9.85. The Kier molecular flexibility index (Phi) is 4.30. The molecule has 1 aromatic carbocycles. The average molecular weight is 226 g/mol. The van der Waals surface area contributed by atoms with Crippen molar-refractivity contribution >= 4 is 7.85 Å². The summed E-state index contributed by atoms with van der Waals surface area (Å²) in [6.45, 7) is 2.86. The van der Waals surface area contributed by atoms with Gasteiger partial charge in [0.1, 0.15) is 6.61 Å². The van der Waals surface area contributed by atoms with Gasteiger partial charge in [-0.3, -0.25) is 0 Å². The predicted molar refractivity (Wildman–Crippen MR) is 71.8 cm³/mol. The van der Waals surface area contributed by atoms with Gasteiger partial charge in [-0.05, 0) is 29.9 Å². The SMILES string of the molecule is [B][C@H]1C/C(=C/OCc2ccccc2)[C@@H](CC)C1. The first kappa shape index (κ1) is 12.3. The summed E-state index contributed by atoms with van der Waals surface area (Å²) in [4.78, 5) is 0. The molecule has 2 rings (SSSR count). The first-order valence-electron chi connectivity index (χ1n) is 6.39. The van der Waals surface area contributed by atoms with Crippen LogP contribution in [-0.4, -0.2) is 7.85 Å². The van der Waals surface area contributed by atoms with Crippen LogP contribution >= 0.6 is 0 Å². The minimum Gasteiger partial charge on any atom is -0.497 e. The molecule has 1 aliphatic carbocycles. The number of hydrogen-bond donors (Lipinski definition) is 0. The van der Waals surface area contributed by atoms with Crippen LogP contribution in [0.2, 0.25) is 5.82 Å². The maximum atomic E-state index is 5.98. The van der Waals surface area contributed by atoms with Gasteiger partial charge in [0.05, 0.1) is 14.1 Å². The predicted octanol–water partition coefficient (Wildman–Crippen LogP) is 3.86. The number of hydrogen-bond acceptors (Lipinski definition) is 1. The molecule has 17 heavy (non-hydrogen) atoms. The van der Waals surface area contributed by atoms with Gasteiger partial charge < -0.3 is 4.74 Å². The summed E-state index contributed by atoms with van der Waals surface area (Å²) < 4.78 is 5.67. The molecule has 0 unspecified atom stereocenters. The topological polar surface area (TPSA) is 9.23 Å². The van der Waals surface area contributed by atoms with Crippen LogP contribution in [0.4, 0.5) is 0 Å². The van der Waals surface area contributed by atoms with Crippen LogP contribution in [-0.2, 0) is 11.3 Å². The van der Waals surface area contributed by atoms with Crippen LogP contribution in [0.1, 0.15) is 31.7 Å². The van der Waals surface area contributed by atoms with E-state index in [9.17, 15) is 0 Å². The maximum absolute atomic E-state index is 5.98. The van der Waals surface area contributed by atoms with Gasteiger partial charge in [0.2, 0.25) is 0 Å². The van der Waals surface area contributed by atoms with E-state index < -0.39 is 0 Å². The van der Waals surface area contributed by atoms with E-state index in [0.29, 0.717) is 18.3 Å². The normalized spacial score (nSPS) is 26.3. The molecule has 0 amide bonds. The standard InChI is InChI=1S/C15H19BO/c1-2-13-8-15(16)9-14(13)11-17-10-12-6-4-3-5-7-12/h3-7,11,13,15H,2,8-10H2,1H3/b14-11-/t13-,15+/m0/s1. The smallest absolute Gasteiger partial charge is 0.112 e. The first-order valence-corrected chi connectivity index (χ1v) is 6.39. The molecular weight excluding hydrogens is 207 g/mol. The highest BCUT2D eigenvalue weighted by molar-refractivity contribution is 6.12. The van der Waals surface area contributed by atoms with Crippen molar-refractivity contribution in [1.29, 1.82) is 0 Å². The number of benzene rings is 1. The summed E-state index contributed by atoms with van der Waals surface area (Å²) in [5, 5.41) is 0. The summed E-state index contributed by atoms with van der Waals surface area (Å²) in [5.74, 6) is 0.951. The van der Waals surface area contributed by atoms with E-state index in [1.165, 1.54) is 11.1 Å². The molecule has 1 aromatic rings. The van der Waals surface area contributed by atoms with Crippen LogP contribution in [0.5, 0.6) is 0 Å². The van der Waals surface area contributed by atoms with E-state index in [4.69, 9.17) is 12.6 Å². The lowest BCUT2D eigenvalue weighted by Gasteiger charge is -2.09. The second-order valence-electron chi connectivity index (χ2n) is 4.79. The quantitative estimate of drug-likeness (QED) is 0.559. The molecule has 2 atom stereocenters. The molecule has 2 radical (unpaired) electrons. The van der Waals surface area contributed by atoms with Crippen molar-refractivity contribution in [3.05, 3.63) is 47.7 Å². The molecule has 1 aliphatic rings. The molecule has 1 fully saturated rings. The average Bonchev–Trinajstić information content (AvgIpc) is 2.71. The molecule has 0 aliphatic heterocycles. The van der Waals surface area contributed by atoms with Crippen molar-refractivity contribution in [2.75, 3.05) is 0 Å². The third-order valence-electron chi connectivity index (χ3n) is 3.43. The van der Waals surface area contributed by atoms with Gasteiger partial charge in [0, 0.05) is 0 Å². The Balaban J connectivity index is 1.88. The molecule has 88 valence electrons. The van der Waals surface area contributed by atoms with Crippen molar-refractivity contribution in [2.45, 2.75) is 38.6 Å². The Morgan fingerprint density at radius 1 is 1.35 bits per heavy atom. The highest BCUT2D eigenvalue weighted by atomic mass is 16.5. The summed E-state index contributed by atoms with van der Waals surface area (Å²) in [6, 6.07) is 10.2. The van der Waals surface area contributed by atoms with E-state index in [2.05, 4.69) is 19.1 Å². The summed E-state index contributed by atoms with van der Waals surface area (Å²) in [7, 11) is 5.98. The zero-order valence-corrected chi connectivity index (χ0v) is 10.4. The third-order valence-corrected chi connectivity index (χ3v) is 3.43. The van der Waals surface area contributed by atoms with Crippen LogP contribution in [0.25, 0.3) is 0 Å². The van der Waals surface area contributed by atoms with Crippen molar-refractivity contribution in [1.82, 2.24) is 0 Å². The number of rotatable bonds is 4. The minimum atomic E-state index is 0.325. The molecule has 1 saturated carbocycles. The second kappa shape index (κ2) is 5.95. The largest absolute Gasteiger partial charge is 0.497 e. The van der Waals surface area contributed by atoms with E-state index in [1.807, 2.05) is 24.5 Å². The van der Waals surface area contributed by atoms with Crippen molar-refractivity contribution in [3.8, 4) is 0 Å². The van der Waals surface area contributed by atoms with Crippen LogP contribution < -0.4 is 0 Å². The maximum Gasteiger partial charge on any atom is 0.112 e. The Morgan fingerprint density at radius 3 is 2.82 bits per heavy atom. The number of allylic oxidation sites excluding steroid dienone is 1. The summed E-state index contributed by atoms with van der Waals surface area (Å²) in [5.41, 5.74) is 2.59. The Bertz CT molecular complexity index is 372. The van der Waals surface area contributed by atoms with Gasteiger partial charge in [0.25, 0.3) is 0 Å². The van der Waals surface area contributed by atoms with Gasteiger partial charge in [-0.15, -0.1) is 0 Å². The molecule has 0 spiro atoms. The Hall–Kier alpha value is -1.18. The zero-order chi connectivity index (χ0) is 12.1. The molecule has 0 heterocycles. The fourth-order valence-corrected chi connectivity index (χ4v) is 2.46. The van der Waals surface area contributed by atoms with Crippen LogP contribution in [0, 0.1) is 5.92 Å². The molecular formula is C15H19BO. The van der Waals surface area contributed by atoms with Gasteiger partial charge in [-0.25, -0.2) is 0 Å². The highest BCUT2D eigenvalue weighted by Gasteiger charge is 2.24. The van der Waals surface area contributed by atoms with Crippen molar-refractivity contribution < 1.29 is 4.74 Å². The third kappa shape index (κ3) is 3.39. The summed E-state index contributed by atoms with van der Waals surface area (Å²) >= 11 is 0. The first-order chi connectivity index (χ1) is 8.29. The van der Waals surface area contributed by atoms with Crippen molar-refractivity contribution in [3.63, 3.8) is 0 Å². The summed E-state index contributed by atoms with van der Waals surface area (Å²) in [6.07, 6.45) is 5.20. The fourth-order valence-electron chi connectivity index (χ4n) is 2.46. The van der Waals surface area contributed by atoms with Gasteiger partial charge in [0.15, 0.2) is 0 Å². The molecule has 0 saturated heterocycles. The Morgan fingerprint density at radius 2 is 2.12 bits per heavy atom.